The zero-order chi connectivity index (χ0) is 17.5. The lowest BCUT2D eigenvalue weighted by atomic mass is 10.1. The maximum Gasteiger partial charge on any atom is 0.326 e. The van der Waals surface area contributed by atoms with E-state index in [1.807, 2.05) is 0 Å². The number of rotatable bonds is 8. The van der Waals surface area contributed by atoms with Gasteiger partial charge in [-0.1, -0.05) is 6.07 Å². The number of carboxylic acids is 1. The first-order chi connectivity index (χ1) is 11.5. The first-order valence-corrected chi connectivity index (χ1v) is 7.91. The van der Waals surface area contributed by atoms with Gasteiger partial charge in [-0.2, -0.15) is 0 Å². The standard InChI is InChI=1S/C17H23NO6/c1-11(19)18-14(17(20)21)8-12-5-6-15(16(9-12)22-2)24-10-13-4-3-7-23-13/h5-6,9,13-14H,3-4,7-8,10H2,1-2H3,(H,18,19)(H,20,21). The fraction of sp³-hybridized carbons (Fsp3) is 0.529. The summed E-state index contributed by atoms with van der Waals surface area (Å²) in [6.45, 7) is 2.52. The molecule has 2 N–H and O–H groups in total. The number of ether oxygens (including phenoxy) is 3. The summed E-state index contributed by atoms with van der Waals surface area (Å²) in [6, 6.07) is 4.26. The third-order valence-electron chi connectivity index (χ3n) is 3.79. The van der Waals surface area contributed by atoms with Crippen LogP contribution < -0.4 is 14.8 Å². The summed E-state index contributed by atoms with van der Waals surface area (Å²) in [4.78, 5) is 22.3. The van der Waals surface area contributed by atoms with Gasteiger partial charge in [-0.25, -0.2) is 4.79 Å². The molecule has 1 aromatic rings. The number of methoxy groups -OCH3 is 1. The third-order valence-corrected chi connectivity index (χ3v) is 3.79. The zero-order valence-corrected chi connectivity index (χ0v) is 13.9. The minimum absolute atomic E-state index is 0.102. The molecule has 1 heterocycles. The first kappa shape index (κ1) is 18.1. The van der Waals surface area contributed by atoms with E-state index in [-0.39, 0.29) is 18.4 Å². The Bertz CT molecular complexity index is 582. The number of benzene rings is 1. The summed E-state index contributed by atoms with van der Waals surface area (Å²) in [6.07, 6.45) is 2.30. The molecule has 7 heteroatoms. The molecular weight excluding hydrogens is 314 g/mol. The summed E-state index contributed by atoms with van der Waals surface area (Å²) in [7, 11) is 1.53. The quantitative estimate of drug-likeness (QED) is 0.744. The molecule has 132 valence electrons. The molecule has 2 unspecified atom stereocenters. The number of carbonyl (C=O) groups excluding carboxylic acids is 1. The minimum atomic E-state index is -1.08. The van der Waals surface area contributed by atoms with Gasteiger partial charge in [0.05, 0.1) is 13.2 Å². The number of carbonyl (C=O) groups is 2. The van der Waals surface area contributed by atoms with Crippen molar-refractivity contribution in [1.29, 1.82) is 0 Å². The summed E-state index contributed by atoms with van der Waals surface area (Å²) in [5.74, 6) is -0.352. The molecule has 0 bridgehead atoms. The van der Waals surface area contributed by atoms with Gasteiger partial charge in [-0.05, 0) is 30.5 Å². The fourth-order valence-electron chi connectivity index (χ4n) is 2.60. The van der Waals surface area contributed by atoms with Crippen molar-refractivity contribution in [3.8, 4) is 11.5 Å². The molecule has 0 aromatic heterocycles. The number of hydrogen-bond donors (Lipinski definition) is 2. The molecule has 1 aliphatic rings. The van der Waals surface area contributed by atoms with Crippen LogP contribution in [0.25, 0.3) is 0 Å². The highest BCUT2D eigenvalue weighted by Gasteiger charge is 2.20. The van der Waals surface area contributed by atoms with Crippen molar-refractivity contribution < 1.29 is 28.9 Å². The average molecular weight is 337 g/mol. The van der Waals surface area contributed by atoms with E-state index in [0.717, 1.165) is 25.0 Å². The van der Waals surface area contributed by atoms with Crippen LogP contribution in [0.5, 0.6) is 11.5 Å². The highest BCUT2D eigenvalue weighted by atomic mass is 16.5. The van der Waals surface area contributed by atoms with Crippen molar-refractivity contribution in [3.63, 3.8) is 0 Å². The molecule has 1 aromatic carbocycles. The van der Waals surface area contributed by atoms with Crippen molar-refractivity contribution in [2.45, 2.75) is 38.3 Å². The van der Waals surface area contributed by atoms with Crippen LogP contribution in [0.2, 0.25) is 0 Å². The lowest BCUT2D eigenvalue weighted by Gasteiger charge is -2.17. The number of carboxylic acid groups (broad SMARTS) is 1. The predicted molar refractivity (Wildman–Crippen MR) is 86.4 cm³/mol. The maximum atomic E-state index is 11.2. The molecule has 0 saturated carbocycles. The van der Waals surface area contributed by atoms with E-state index in [4.69, 9.17) is 14.2 Å². The molecule has 2 atom stereocenters. The van der Waals surface area contributed by atoms with Crippen molar-refractivity contribution >= 4 is 11.9 Å². The van der Waals surface area contributed by atoms with Gasteiger partial charge in [-0.3, -0.25) is 4.79 Å². The summed E-state index contributed by atoms with van der Waals surface area (Å²) >= 11 is 0. The van der Waals surface area contributed by atoms with E-state index in [1.165, 1.54) is 14.0 Å². The maximum absolute atomic E-state index is 11.2. The monoisotopic (exact) mass is 337 g/mol. The van der Waals surface area contributed by atoms with E-state index in [1.54, 1.807) is 18.2 Å². The second kappa shape index (κ2) is 8.54. The highest BCUT2D eigenvalue weighted by Crippen LogP contribution is 2.29. The first-order valence-electron chi connectivity index (χ1n) is 7.91. The summed E-state index contributed by atoms with van der Waals surface area (Å²) in [5.41, 5.74) is 0.734. The van der Waals surface area contributed by atoms with Gasteiger partial charge in [0.15, 0.2) is 11.5 Å². The molecule has 0 spiro atoms. The van der Waals surface area contributed by atoms with Crippen LogP contribution in [0.4, 0.5) is 0 Å². The molecule has 1 saturated heterocycles. The van der Waals surface area contributed by atoms with Crippen LogP contribution >= 0.6 is 0 Å². The van der Waals surface area contributed by atoms with Crippen LogP contribution in [-0.2, 0) is 20.7 Å². The Morgan fingerprint density at radius 1 is 1.42 bits per heavy atom. The van der Waals surface area contributed by atoms with Crippen molar-refractivity contribution in [1.82, 2.24) is 5.32 Å². The van der Waals surface area contributed by atoms with Crippen LogP contribution in [0, 0.1) is 0 Å². The number of aliphatic carboxylic acids is 1. The molecule has 24 heavy (non-hydrogen) atoms. The molecular formula is C17H23NO6. The second-order valence-electron chi connectivity index (χ2n) is 5.73. The van der Waals surface area contributed by atoms with Crippen molar-refractivity contribution in [2.75, 3.05) is 20.3 Å². The molecule has 7 nitrogen and oxygen atoms in total. The molecule has 0 aliphatic carbocycles. The van der Waals surface area contributed by atoms with Crippen molar-refractivity contribution in [2.24, 2.45) is 0 Å². The van der Waals surface area contributed by atoms with E-state index in [9.17, 15) is 14.7 Å². The van der Waals surface area contributed by atoms with Gasteiger partial charge < -0.3 is 24.6 Å². The van der Waals surface area contributed by atoms with Crippen LogP contribution in [0.3, 0.4) is 0 Å². The van der Waals surface area contributed by atoms with Crippen LogP contribution in [-0.4, -0.2) is 49.5 Å². The van der Waals surface area contributed by atoms with E-state index in [0.29, 0.717) is 18.1 Å². The second-order valence-corrected chi connectivity index (χ2v) is 5.73. The fourth-order valence-corrected chi connectivity index (χ4v) is 2.60. The van der Waals surface area contributed by atoms with Gasteiger partial charge in [0, 0.05) is 20.0 Å². The van der Waals surface area contributed by atoms with Crippen LogP contribution in [0.15, 0.2) is 18.2 Å². The topological polar surface area (TPSA) is 94.1 Å². The van der Waals surface area contributed by atoms with Gasteiger partial charge >= 0.3 is 5.97 Å². The Kier molecular flexibility index (Phi) is 6.43. The molecule has 1 amide bonds. The Labute approximate surface area is 140 Å². The summed E-state index contributed by atoms with van der Waals surface area (Å²) < 4.78 is 16.6. The lowest BCUT2D eigenvalue weighted by Crippen LogP contribution is -2.41. The molecule has 1 aliphatic heterocycles. The van der Waals surface area contributed by atoms with Gasteiger partial charge in [0.25, 0.3) is 0 Å². The zero-order valence-electron chi connectivity index (χ0n) is 13.9. The summed E-state index contributed by atoms with van der Waals surface area (Å²) in [5, 5.41) is 11.6. The number of amides is 1. The van der Waals surface area contributed by atoms with Gasteiger partial charge in [-0.15, -0.1) is 0 Å². The Morgan fingerprint density at radius 3 is 2.79 bits per heavy atom. The van der Waals surface area contributed by atoms with E-state index in [2.05, 4.69) is 5.32 Å². The lowest BCUT2D eigenvalue weighted by molar-refractivity contribution is -0.141. The van der Waals surface area contributed by atoms with Gasteiger partial charge in [0.1, 0.15) is 12.6 Å². The molecule has 1 fully saturated rings. The molecule has 0 radical (unpaired) electrons. The Balaban J connectivity index is 2.03. The number of nitrogens with one attached hydrogen (secondary N) is 1. The third kappa shape index (κ3) is 5.13. The predicted octanol–water partition coefficient (Wildman–Crippen LogP) is 1.38. The van der Waals surface area contributed by atoms with E-state index >= 15 is 0 Å². The minimum Gasteiger partial charge on any atom is -0.493 e. The largest absolute Gasteiger partial charge is 0.493 e. The number of hydrogen-bond acceptors (Lipinski definition) is 5. The molecule has 2 rings (SSSR count). The van der Waals surface area contributed by atoms with E-state index < -0.39 is 12.0 Å². The Morgan fingerprint density at radius 2 is 2.21 bits per heavy atom. The smallest absolute Gasteiger partial charge is 0.326 e. The normalized spacial score (nSPS) is 18.0. The van der Waals surface area contributed by atoms with Gasteiger partial charge in [0.2, 0.25) is 5.91 Å². The average Bonchev–Trinajstić information content (AvgIpc) is 3.05. The SMILES string of the molecule is COc1cc(CC(NC(C)=O)C(=O)O)ccc1OCC1CCCO1. The van der Waals surface area contributed by atoms with Crippen molar-refractivity contribution in [3.05, 3.63) is 23.8 Å². The highest BCUT2D eigenvalue weighted by molar-refractivity contribution is 5.82. The Hall–Kier alpha value is -2.28. The van der Waals surface area contributed by atoms with Crippen LogP contribution in [0.1, 0.15) is 25.3 Å².